The first-order valence-electron chi connectivity index (χ1n) is 8.21. The second-order valence-corrected chi connectivity index (χ2v) is 5.73. The molecule has 1 unspecified atom stereocenters. The largest absolute Gasteiger partial charge is 0.440 e. The number of hydrogen-bond acceptors (Lipinski definition) is 4. The average molecular weight is 319 g/mol. The van der Waals surface area contributed by atoms with Gasteiger partial charge in [0.2, 0.25) is 5.88 Å². The van der Waals surface area contributed by atoms with Crippen LogP contribution in [0.4, 0.5) is 5.69 Å². The zero-order chi connectivity index (χ0) is 17.1. The quantitative estimate of drug-likeness (QED) is 0.932. The average Bonchev–Trinajstić information content (AvgIpc) is 2.62. The molecule has 1 aliphatic rings. The van der Waals surface area contributed by atoms with Gasteiger partial charge >= 0.3 is 0 Å². The van der Waals surface area contributed by atoms with Gasteiger partial charge in [-0.3, -0.25) is 0 Å². The molecule has 0 bridgehead atoms. The SMILES string of the molecule is CCN(CC)c1ccc2c(c1)OC(N)=C(C#N)C2c1ccccc1. The number of hydrogen-bond donors (Lipinski definition) is 1. The highest BCUT2D eigenvalue weighted by atomic mass is 16.5. The molecule has 0 spiro atoms. The van der Waals surface area contributed by atoms with Gasteiger partial charge in [-0.2, -0.15) is 5.26 Å². The van der Waals surface area contributed by atoms with Crippen LogP contribution in [0.1, 0.15) is 30.9 Å². The smallest absolute Gasteiger partial charge is 0.205 e. The summed E-state index contributed by atoms with van der Waals surface area (Å²) in [5.74, 6) is 0.728. The molecule has 0 radical (unpaired) electrons. The molecule has 1 heterocycles. The van der Waals surface area contributed by atoms with Crippen molar-refractivity contribution in [3.05, 3.63) is 71.1 Å². The zero-order valence-electron chi connectivity index (χ0n) is 14.0. The summed E-state index contributed by atoms with van der Waals surface area (Å²) in [7, 11) is 0. The van der Waals surface area contributed by atoms with E-state index in [4.69, 9.17) is 10.5 Å². The molecular formula is C20H21N3O. The molecule has 1 aliphatic heterocycles. The third kappa shape index (κ3) is 2.69. The van der Waals surface area contributed by atoms with Gasteiger partial charge in [0.15, 0.2) is 0 Å². The van der Waals surface area contributed by atoms with Crippen LogP contribution in [0.2, 0.25) is 0 Å². The number of nitrogens with zero attached hydrogens (tertiary/aromatic N) is 2. The lowest BCUT2D eigenvalue weighted by Gasteiger charge is -2.28. The minimum absolute atomic E-state index is 0.189. The number of rotatable bonds is 4. The fourth-order valence-electron chi connectivity index (χ4n) is 3.22. The van der Waals surface area contributed by atoms with Crippen molar-refractivity contribution < 1.29 is 4.74 Å². The monoisotopic (exact) mass is 319 g/mol. The molecule has 0 aliphatic carbocycles. The van der Waals surface area contributed by atoms with E-state index in [0.717, 1.165) is 35.7 Å². The molecule has 122 valence electrons. The lowest BCUT2D eigenvalue weighted by Crippen LogP contribution is -2.24. The molecule has 4 heteroatoms. The van der Waals surface area contributed by atoms with Crippen molar-refractivity contribution in [3.8, 4) is 11.8 Å². The predicted octanol–water partition coefficient (Wildman–Crippen LogP) is 3.75. The topological polar surface area (TPSA) is 62.3 Å². The molecular weight excluding hydrogens is 298 g/mol. The summed E-state index contributed by atoms with van der Waals surface area (Å²) < 4.78 is 5.78. The van der Waals surface area contributed by atoms with E-state index in [2.05, 4.69) is 30.9 Å². The molecule has 24 heavy (non-hydrogen) atoms. The first kappa shape index (κ1) is 15.9. The number of fused-ring (bicyclic) bond motifs is 1. The number of anilines is 1. The van der Waals surface area contributed by atoms with Crippen molar-refractivity contribution in [1.29, 1.82) is 5.26 Å². The summed E-state index contributed by atoms with van der Waals surface area (Å²) in [4.78, 5) is 2.25. The molecule has 1 atom stereocenters. The highest BCUT2D eigenvalue weighted by Gasteiger charge is 2.30. The van der Waals surface area contributed by atoms with E-state index < -0.39 is 0 Å². The van der Waals surface area contributed by atoms with E-state index in [1.165, 1.54) is 0 Å². The van der Waals surface area contributed by atoms with E-state index in [1.54, 1.807) is 0 Å². The summed E-state index contributed by atoms with van der Waals surface area (Å²) >= 11 is 0. The summed E-state index contributed by atoms with van der Waals surface area (Å²) in [6, 6.07) is 18.3. The Hall–Kier alpha value is -2.93. The van der Waals surface area contributed by atoms with Gasteiger partial charge in [0, 0.05) is 30.4 Å². The molecule has 3 rings (SSSR count). The van der Waals surface area contributed by atoms with Gasteiger partial charge in [0.1, 0.15) is 17.4 Å². The van der Waals surface area contributed by atoms with Gasteiger partial charge in [-0.25, -0.2) is 0 Å². The molecule has 0 aromatic heterocycles. The third-order valence-electron chi connectivity index (χ3n) is 4.46. The van der Waals surface area contributed by atoms with Crippen LogP contribution in [0.15, 0.2) is 60.0 Å². The molecule has 4 nitrogen and oxygen atoms in total. The van der Waals surface area contributed by atoms with Gasteiger partial charge in [-0.15, -0.1) is 0 Å². The highest BCUT2D eigenvalue weighted by molar-refractivity contribution is 5.61. The fourth-order valence-corrected chi connectivity index (χ4v) is 3.22. The maximum Gasteiger partial charge on any atom is 0.205 e. The molecule has 2 aromatic carbocycles. The van der Waals surface area contributed by atoms with Crippen molar-refractivity contribution in [2.45, 2.75) is 19.8 Å². The Balaban J connectivity index is 2.13. The summed E-state index contributed by atoms with van der Waals surface area (Å²) in [5.41, 5.74) is 9.62. The predicted molar refractivity (Wildman–Crippen MR) is 95.7 cm³/mol. The molecule has 0 saturated carbocycles. The van der Waals surface area contributed by atoms with E-state index in [-0.39, 0.29) is 11.8 Å². The molecule has 0 saturated heterocycles. The number of nitrogens with two attached hydrogens (primary N) is 1. The molecule has 2 aromatic rings. The molecule has 2 N–H and O–H groups in total. The van der Waals surface area contributed by atoms with Gasteiger partial charge in [0.25, 0.3) is 0 Å². The second kappa shape index (κ2) is 6.67. The molecule has 0 amide bonds. The van der Waals surface area contributed by atoms with Gasteiger partial charge in [0.05, 0.1) is 5.92 Å². The van der Waals surface area contributed by atoms with Crippen molar-refractivity contribution in [1.82, 2.24) is 0 Å². The van der Waals surface area contributed by atoms with Crippen LogP contribution in [0.5, 0.6) is 5.75 Å². The third-order valence-corrected chi connectivity index (χ3v) is 4.46. The van der Waals surface area contributed by atoms with Crippen molar-refractivity contribution >= 4 is 5.69 Å². The molecule has 0 fully saturated rings. The normalized spacial score (nSPS) is 16.1. The van der Waals surface area contributed by atoms with Crippen molar-refractivity contribution in [2.24, 2.45) is 5.73 Å². The Morgan fingerprint density at radius 1 is 1.12 bits per heavy atom. The van der Waals surface area contributed by atoms with Crippen LogP contribution < -0.4 is 15.4 Å². The van der Waals surface area contributed by atoms with Gasteiger partial charge in [-0.05, 0) is 25.5 Å². The minimum atomic E-state index is -0.189. The number of ether oxygens (including phenoxy) is 1. The summed E-state index contributed by atoms with van der Waals surface area (Å²) in [6.07, 6.45) is 0. The first-order valence-corrected chi connectivity index (χ1v) is 8.21. The minimum Gasteiger partial charge on any atom is -0.440 e. The van der Waals surface area contributed by atoms with Crippen LogP contribution in [0, 0.1) is 11.3 Å². The highest BCUT2D eigenvalue weighted by Crippen LogP contribution is 2.43. The number of allylic oxidation sites excluding steroid dienone is 1. The van der Waals surface area contributed by atoms with Crippen molar-refractivity contribution in [2.75, 3.05) is 18.0 Å². The van der Waals surface area contributed by atoms with E-state index in [9.17, 15) is 5.26 Å². The summed E-state index contributed by atoms with van der Waals surface area (Å²) in [6.45, 7) is 6.09. The zero-order valence-corrected chi connectivity index (χ0v) is 14.0. The number of nitriles is 1. The van der Waals surface area contributed by atoms with Gasteiger partial charge < -0.3 is 15.4 Å². The van der Waals surface area contributed by atoms with E-state index in [0.29, 0.717) is 5.57 Å². The van der Waals surface area contributed by atoms with Gasteiger partial charge in [-0.1, -0.05) is 36.4 Å². The van der Waals surface area contributed by atoms with Crippen LogP contribution in [0.3, 0.4) is 0 Å². The summed E-state index contributed by atoms with van der Waals surface area (Å²) in [5, 5.41) is 9.56. The van der Waals surface area contributed by atoms with Crippen LogP contribution in [-0.4, -0.2) is 13.1 Å². The standard InChI is InChI=1S/C20H21N3O/c1-3-23(4-2)15-10-11-16-18(12-15)24-20(22)17(13-21)19(16)14-8-6-5-7-9-14/h5-12,19H,3-4,22H2,1-2H3. The van der Waals surface area contributed by atoms with Crippen LogP contribution in [0.25, 0.3) is 0 Å². The number of benzene rings is 2. The lowest BCUT2D eigenvalue weighted by atomic mass is 9.83. The van der Waals surface area contributed by atoms with Crippen molar-refractivity contribution in [3.63, 3.8) is 0 Å². The Kier molecular flexibility index (Phi) is 4.43. The Morgan fingerprint density at radius 3 is 2.46 bits per heavy atom. The Bertz CT molecular complexity index is 801. The fraction of sp³-hybridized carbons (Fsp3) is 0.250. The maximum atomic E-state index is 9.56. The lowest BCUT2D eigenvalue weighted by molar-refractivity contribution is 0.393. The second-order valence-electron chi connectivity index (χ2n) is 5.73. The van der Waals surface area contributed by atoms with E-state index >= 15 is 0 Å². The Labute approximate surface area is 142 Å². The van der Waals surface area contributed by atoms with Crippen LogP contribution in [-0.2, 0) is 0 Å². The van der Waals surface area contributed by atoms with Crippen LogP contribution >= 0.6 is 0 Å². The Morgan fingerprint density at radius 2 is 1.83 bits per heavy atom. The maximum absolute atomic E-state index is 9.56. The van der Waals surface area contributed by atoms with E-state index in [1.807, 2.05) is 42.5 Å². The first-order chi connectivity index (χ1) is 11.7.